The average molecular weight is 346 g/mol. The van der Waals surface area contributed by atoms with E-state index in [2.05, 4.69) is 92.5 Å². The largest absolute Gasteiger partial charge is 0.335 e. The highest BCUT2D eigenvalue weighted by atomic mass is 16.2. The Hall–Kier alpha value is -2.55. The van der Waals surface area contributed by atoms with E-state index in [0.29, 0.717) is 12.5 Å². The number of carbonyl (C=O) groups excluding carboxylic acids is 1. The number of hydrogen-bond acceptors (Lipinski definition) is 2. The van der Waals surface area contributed by atoms with Crippen LogP contribution in [-0.4, -0.2) is 18.1 Å². The van der Waals surface area contributed by atoms with Gasteiger partial charge in [-0.25, -0.2) is 0 Å². The van der Waals surface area contributed by atoms with Gasteiger partial charge in [0.25, 0.3) is 0 Å². The standard InChI is InChI=1S/C23H26N2O/c1-16(2)18-11-9-17(10-12-18)13-14-23-22(3,4)19-7-5-6-8-20(19)25(23)15-21(26)24-23/h5-14,16H,15H2,1-4H3,(H,24,26)/b14-13-. The van der Waals surface area contributed by atoms with Gasteiger partial charge in [0.05, 0.1) is 6.54 Å². The van der Waals surface area contributed by atoms with Crippen LogP contribution >= 0.6 is 0 Å². The van der Waals surface area contributed by atoms with Crippen LogP contribution in [0.1, 0.15) is 50.3 Å². The molecule has 1 saturated heterocycles. The summed E-state index contributed by atoms with van der Waals surface area (Å²) in [6.07, 6.45) is 4.30. The molecular formula is C23H26N2O. The van der Waals surface area contributed by atoms with E-state index < -0.39 is 5.66 Å². The van der Waals surface area contributed by atoms with Gasteiger partial charge in [-0.2, -0.15) is 0 Å². The maximum absolute atomic E-state index is 12.3. The zero-order chi connectivity index (χ0) is 18.5. The molecule has 3 heteroatoms. The molecule has 0 saturated carbocycles. The Labute approximate surface area is 155 Å². The van der Waals surface area contributed by atoms with E-state index in [4.69, 9.17) is 0 Å². The van der Waals surface area contributed by atoms with Gasteiger partial charge in [-0.15, -0.1) is 0 Å². The minimum atomic E-state index is -0.523. The molecule has 2 aliphatic heterocycles. The normalized spacial score (nSPS) is 23.4. The summed E-state index contributed by atoms with van der Waals surface area (Å²) in [6.45, 7) is 9.23. The first-order valence-electron chi connectivity index (χ1n) is 9.32. The molecule has 0 radical (unpaired) electrons. The van der Waals surface area contributed by atoms with E-state index in [0.717, 1.165) is 11.3 Å². The van der Waals surface area contributed by atoms with Gasteiger partial charge in [0, 0.05) is 11.1 Å². The number of para-hydroxylation sites is 1. The number of nitrogens with zero attached hydrogens (tertiary/aromatic N) is 1. The Morgan fingerprint density at radius 2 is 1.77 bits per heavy atom. The molecule has 4 rings (SSSR count). The summed E-state index contributed by atoms with van der Waals surface area (Å²) in [5.41, 5.74) is 4.17. The second-order valence-electron chi connectivity index (χ2n) is 8.20. The summed E-state index contributed by atoms with van der Waals surface area (Å²) >= 11 is 0. The zero-order valence-corrected chi connectivity index (χ0v) is 15.9. The van der Waals surface area contributed by atoms with Crippen LogP contribution in [0.3, 0.4) is 0 Å². The Balaban J connectivity index is 1.75. The van der Waals surface area contributed by atoms with Crippen molar-refractivity contribution < 1.29 is 4.79 Å². The second kappa shape index (κ2) is 5.73. The number of fused-ring (bicyclic) bond motifs is 3. The number of rotatable bonds is 3. The summed E-state index contributed by atoms with van der Waals surface area (Å²) in [6, 6.07) is 17.1. The third kappa shape index (κ3) is 2.30. The Morgan fingerprint density at radius 1 is 1.08 bits per heavy atom. The number of amides is 1. The van der Waals surface area contributed by atoms with Gasteiger partial charge in [0.1, 0.15) is 5.66 Å². The number of carbonyl (C=O) groups is 1. The maximum Gasteiger partial charge on any atom is 0.241 e. The van der Waals surface area contributed by atoms with Crippen molar-refractivity contribution >= 4 is 17.7 Å². The molecule has 0 bridgehead atoms. The van der Waals surface area contributed by atoms with E-state index in [1.165, 1.54) is 11.1 Å². The van der Waals surface area contributed by atoms with Gasteiger partial charge in [-0.05, 0) is 34.8 Å². The predicted molar refractivity (Wildman–Crippen MR) is 107 cm³/mol. The number of benzene rings is 2. The van der Waals surface area contributed by atoms with Crippen molar-refractivity contribution in [1.82, 2.24) is 5.32 Å². The van der Waals surface area contributed by atoms with Crippen molar-refractivity contribution in [3.05, 3.63) is 71.3 Å². The smallest absolute Gasteiger partial charge is 0.241 e. The molecule has 0 spiro atoms. The van der Waals surface area contributed by atoms with Crippen LogP contribution in [0.15, 0.2) is 54.6 Å². The van der Waals surface area contributed by atoms with Gasteiger partial charge in [0.2, 0.25) is 5.91 Å². The summed E-state index contributed by atoms with van der Waals surface area (Å²) in [5, 5.41) is 3.27. The monoisotopic (exact) mass is 346 g/mol. The topological polar surface area (TPSA) is 32.3 Å². The van der Waals surface area contributed by atoms with E-state index in [1.807, 2.05) is 6.07 Å². The van der Waals surface area contributed by atoms with E-state index in [-0.39, 0.29) is 11.3 Å². The highest BCUT2D eigenvalue weighted by Gasteiger charge is 2.59. The average Bonchev–Trinajstić information content (AvgIpc) is 3.05. The second-order valence-corrected chi connectivity index (χ2v) is 8.20. The molecule has 0 aliphatic carbocycles. The molecule has 2 aliphatic rings. The predicted octanol–water partition coefficient (Wildman–Crippen LogP) is 4.45. The van der Waals surface area contributed by atoms with Crippen LogP contribution in [-0.2, 0) is 10.2 Å². The molecule has 0 aromatic heterocycles. The van der Waals surface area contributed by atoms with Gasteiger partial charge in [-0.3, -0.25) is 4.79 Å². The fourth-order valence-electron chi connectivity index (χ4n) is 4.35. The Bertz CT molecular complexity index is 879. The van der Waals surface area contributed by atoms with Crippen molar-refractivity contribution in [3.63, 3.8) is 0 Å². The number of anilines is 1. The van der Waals surface area contributed by atoms with E-state index in [9.17, 15) is 4.79 Å². The first-order valence-corrected chi connectivity index (χ1v) is 9.32. The van der Waals surface area contributed by atoms with Crippen LogP contribution in [0.2, 0.25) is 0 Å². The molecular weight excluding hydrogens is 320 g/mol. The van der Waals surface area contributed by atoms with Crippen LogP contribution < -0.4 is 10.2 Å². The van der Waals surface area contributed by atoms with Crippen molar-refractivity contribution in [2.45, 2.75) is 44.7 Å². The summed E-state index contributed by atoms with van der Waals surface area (Å²) in [5.74, 6) is 0.604. The summed E-state index contributed by atoms with van der Waals surface area (Å²) in [7, 11) is 0. The Kier molecular flexibility index (Phi) is 3.72. The summed E-state index contributed by atoms with van der Waals surface area (Å²) < 4.78 is 0. The molecule has 1 fully saturated rings. The van der Waals surface area contributed by atoms with Crippen LogP contribution in [0.25, 0.3) is 6.08 Å². The van der Waals surface area contributed by atoms with E-state index >= 15 is 0 Å². The van der Waals surface area contributed by atoms with Crippen LogP contribution in [0.4, 0.5) is 5.69 Å². The minimum absolute atomic E-state index is 0.0763. The first-order chi connectivity index (χ1) is 12.3. The molecule has 1 N–H and O–H groups in total. The van der Waals surface area contributed by atoms with Gasteiger partial charge >= 0.3 is 0 Å². The zero-order valence-electron chi connectivity index (χ0n) is 15.9. The lowest BCUT2D eigenvalue weighted by Gasteiger charge is -2.40. The molecule has 2 heterocycles. The highest BCUT2D eigenvalue weighted by Crippen LogP contribution is 2.52. The molecule has 1 atom stereocenters. The van der Waals surface area contributed by atoms with Crippen molar-refractivity contribution in [1.29, 1.82) is 0 Å². The highest BCUT2D eigenvalue weighted by molar-refractivity contribution is 5.91. The molecule has 1 unspecified atom stereocenters. The first kappa shape index (κ1) is 16.9. The molecule has 1 amide bonds. The molecule has 2 aromatic rings. The van der Waals surface area contributed by atoms with E-state index in [1.54, 1.807) is 0 Å². The lowest BCUT2D eigenvalue weighted by Crippen LogP contribution is -2.58. The molecule has 2 aromatic carbocycles. The lowest BCUT2D eigenvalue weighted by atomic mass is 9.75. The third-order valence-corrected chi connectivity index (χ3v) is 6.00. The van der Waals surface area contributed by atoms with Crippen LogP contribution in [0, 0.1) is 0 Å². The third-order valence-electron chi connectivity index (χ3n) is 6.00. The van der Waals surface area contributed by atoms with Crippen molar-refractivity contribution in [3.8, 4) is 0 Å². The lowest BCUT2D eigenvalue weighted by molar-refractivity contribution is -0.118. The van der Waals surface area contributed by atoms with Gasteiger partial charge in [-0.1, -0.05) is 76.2 Å². The van der Waals surface area contributed by atoms with Gasteiger partial charge < -0.3 is 10.2 Å². The maximum atomic E-state index is 12.3. The van der Waals surface area contributed by atoms with Crippen molar-refractivity contribution in [2.75, 3.05) is 11.4 Å². The quantitative estimate of drug-likeness (QED) is 0.891. The molecule has 134 valence electrons. The molecule has 26 heavy (non-hydrogen) atoms. The fraction of sp³-hybridized carbons (Fsp3) is 0.348. The van der Waals surface area contributed by atoms with Crippen molar-refractivity contribution in [2.24, 2.45) is 0 Å². The summed E-state index contributed by atoms with van der Waals surface area (Å²) in [4.78, 5) is 14.5. The number of nitrogens with one attached hydrogen (secondary N) is 1. The number of hydrogen-bond donors (Lipinski definition) is 1. The SMILES string of the molecule is CC(C)c1ccc(/C=C\C23NC(=O)CN2c2ccccc2C3(C)C)cc1. The van der Waals surface area contributed by atoms with Gasteiger partial charge in [0.15, 0.2) is 0 Å². The van der Waals surface area contributed by atoms with Crippen LogP contribution in [0.5, 0.6) is 0 Å². The fourth-order valence-corrected chi connectivity index (χ4v) is 4.35. The Morgan fingerprint density at radius 3 is 2.46 bits per heavy atom. The minimum Gasteiger partial charge on any atom is -0.335 e. The molecule has 3 nitrogen and oxygen atoms in total.